The number of rotatable bonds is 7. The van der Waals surface area contributed by atoms with Gasteiger partial charge in [0.2, 0.25) is 0 Å². The van der Waals surface area contributed by atoms with E-state index >= 15 is 0 Å². The molecule has 0 saturated heterocycles. The number of benzene rings is 2. The molecule has 162 valence electrons. The Kier molecular flexibility index (Phi) is 6.44. The summed E-state index contributed by atoms with van der Waals surface area (Å²) >= 11 is 0. The van der Waals surface area contributed by atoms with Crippen molar-refractivity contribution in [1.29, 1.82) is 5.41 Å². The van der Waals surface area contributed by atoms with Crippen molar-refractivity contribution in [3.05, 3.63) is 46.5 Å². The number of nitrogens with two attached hydrogens (primary N) is 1. The zero-order valence-corrected chi connectivity index (χ0v) is 18.4. The summed E-state index contributed by atoms with van der Waals surface area (Å²) in [7, 11) is 0. The van der Waals surface area contributed by atoms with Gasteiger partial charge in [0.25, 0.3) is 0 Å². The van der Waals surface area contributed by atoms with Crippen molar-refractivity contribution < 1.29 is 14.6 Å². The molecule has 1 heterocycles. The van der Waals surface area contributed by atoms with Crippen molar-refractivity contribution in [3.8, 4) is 17.2 Å². The number of anilines is 1. The minimum Gasteiger partial charge on any atom is -0.507 e. The highest BCUT2D eigenvalue weighted by Crippen LogP contribution is 2.44. The van der Waals surface area contributed by atoms with Gasteiger partial charge in [-0.05, 0) is 101 Å². The van der Waals surface area contributed by atoms with E-state index in [-0.39, 0.29) is 11.6 Å². The molecule has 30 heavy (non-hydrogen) atoms. The molecular weight excluding hydrogens is 378 g/mol. The zero-order chi connectivity index (χ0) is 21.9. The number of phenolic OH excluding ortho intramolecular Hbond substituents is 1. The lowest BCUT2D eigenvalue weighted by Crippen LogP contribution is -2.37. The smallest absolute Gasteiger partial charge is 0.190 e. The maximum absolute atomic E-state index is 10.3. The molecule has 0 radical (unpaired) electrons. The second-order valence-electron chi connectivity index (χ2n) is 8.45. The SMILES string of the molecule is Cc1c(C)c2c(c(C)c1O)CCC(C)(CCCCOc1ccc(NC(=N)N)cc1)O2. The highest BCUT2D eigenvalue weighted by atomic mass is 16.5. The fourth-order valence-electron chi connectivity index (χ4n) is 4.05. The van der Waals surface area contributed by atoms with Gasteiger partial charge in [-0.3, -0.25) is 5.41 Å². The normalized spacial score (nSPS) is 17.7. The monoisotopic (exact) mass is 411 g/mol. The second kappa shape index (κ2) is 8.86. The quantitative estimate of drug-likeness (QED) is 0.293. The Labute approximate surface area is 178 Å². The first-order chi connectivity index (χ1) is 14.2. The van der Waals surface area contributed by atoms with Crippen LogP contribution in [0.15, 0.2) is 24.3 Å². The number of ether oxygens (including phenoxy) is 2. The van der Waals surface area contributed by atoms with E-state index in [1.165, 1.54) is 0 Å². The number of unbranched alkanes of at least 4 members (excludes halogenated alkanes) is 1. The molecule has 3 rings (SSSR count). The molecule has 2 aromatic carbocycles. The first-order valence-corrected chi connectivity index (χ1v) is 10.5. The largest absolute Gasteiger partial charge is 0.507 e. The summed E-state index contributed by atoms with van der Waals surface area (Å²) in [6, 6.07) is 7.43. The fraction of sp³-hybridized carbons (Fsp3) is 0.458. The van der Waals surface area contributed by atoms with Gasteiger partial charge in [0.1, 0.15) is 22.8 Å². The number of hydrogen-bond donors (Lipinski definition) is 4. The van der Waals surface area contributed by atoms with Gasteiger partial charge < -0.3 is 25.6 Å². The Morgan fingerprint density at radius 3 is 2.53 bits per heavy atom. The van der Waals surface area contributed by atoms with E-state index in [1.807, 2.05) is 45.0 Å². The lowest BCUT2D eigenvalue weighted by atomic mass is 9.85. The lowest BCUT2D eigenvalue weighted by molar-refractivity contribution is 0.0513. The molecule has 6 nitrogen and oxygen atoms in total. The van der Waals surface area contributed by atoms with Gasteiger partial charge in [-0.1, -0.05) is 0 Å². The van der Waals surface area contributed by atoms with Crippen LogP contribution in [0.1, 0.15) is 54.9 Å². The van der Waals surface area contributed by atoms with Crippen LogP contribution in [-0.4, -0.2) is 23.3 Å². The summed E-state index contributed by atoms with van der Waals surface area (Å²) in [6.45, 7) is 8.80. The lowest BCUT2D eigenvalue weighted by Gasteiger charge is -2.38. The molecule has 1 atom stereocenters. The Morgan fingerprint density at radius 2 is 1.87 bits per heavy atom. The fourth-order valence-corrected chi connectivity index (χ4v) is 4.05. The van der Waals surface area contributed by atoms with Crippen LogP contribution in [0.25, 0.3) is 0 Å². The van der Waals surface area contributed by atoms with Gasteiger partial charge >= 0.3 is 0 Å². The zero-order valence-electron chi connectivity index (χ0n) is 18.4. The highest BCUT2D eigenvalue weighted by Gasteiger charge is 2.34. The van der Waals surface area contributed by atoms with Crippen LogP contribution in [0.4, 0.5) is 5.69 Å². The molecule has 5 N–H and O–H groups in total. The summed E-state index contributed by atoms with van der Waals surface area (Å²) in [4.78, 5) is 0. The van der Waals surface area contributed by atoms with Crippen molar-refractivity contribution in [2.75, 3.05) is 11.9 Å². The van der Waals surface area contributed by atoms with Crippen molar-refractivity contribution in [2.45, 2.75) is 65.4 Å². The summed E-state index contributed by atoms with van der Waals surface area (Å²) in [5, 5.41) is 20.3. The Hall–Kier alpha value is -2.89. The van der Waals surface area contributed by atoms with Crippen molar-refractivity contribution >= 4 is 11.6 Å². The molecule has 0 saturated carbocycles. The average molecular weight is 412 g/mol. The molecule has 1 unspecified atom stereocenters. The molecule has 0 amide bonds. The molecule has 0 aliphatic carbocycles. The molecule has 0 spiro atoms. The first kappa shape index (κ1) is 21.8. The van der Waals surface area contributed by atoms with E-state index in [1.54, 1.807) is 0 Å². The molecule has 1 aliphatic heterocycles. The first-order valence-electron chi connectivity index (χ1n) is 10.5. The average Bonchev–Trinajstić information content (AvgIpc) is 2.71. The van der Waals surface area contributed by atoms with E-state index in [4.69, 9.17) is 20.6 Å². The number of aromatic hydroxyl groups is 1. The van der Waals surface area contributed by atoms with Crippen LogP contribution < -0.4 is 20.5 Å². The summed E-state index contributed by atoms with van der Waals surface area (Å²) < 4.78 is 12.3. The van der Waals surface area contributed by atoms with Gasteiger partial charge in [0.15, 0.2) is 5.96 Å². The summed E-state index contributed by atoms with van der Waals surface area (Å²) in [6.07, 6.45) is 4.82. The molecule has 0 aromatic heterocycles. The number of guanidine groups is 1. The van der Waals surface area contributed by atoms with Crippen LogP contribution in [0, 0.1) is 26.2 Å². The third-order valence-electron chi connectivity index (χ3n) is 6.09. The number of phenols is 1. The van der Waals surface area contributed by atoms with Crippen LogP contribution >= 0.6 is 0 Å². The number of nitrogens with one attached hydrogen (secondary N) is 2. The maximum atomic E-state index is 10.3. The predicted molar refractivity (Wildman–Crippen MR) is 121 cm³/mol. The summed E-state index contributed by atoms with van der Waals surface area (Å²) in [5.74, 6) is 2.09. The topological polar surface area (TPSA) is 101 Å². The predicted octanol–water partition coefficient (Wildman–Crippen LogP) is 4.96. The van der Waals surface area contributed by atoms with Gasteiger partial charge in [-0.15, -0.1) is 0 Å². The van der Waals surface area contributed by atoms with E-state index in [0.717, 1.165) is 71.5 Å². The molecule has 0 bridgehead atoms. The van der Waals surface area contributed by atoms with Gasteiger partial charge in [-0.2, -0.15) is 0 Å². The third-order valence-corrected chi connectivity index (χ3v) is 6.09. The minimum absolute atomic E-state index is 0.0814. The maximum Gasteiger partial charge on any atom is 0.190 e. The molecule has 1 aliphatic rings. The Bertz CT molecular complexity index is 925. The summed E-state index contributed by atoms with van der Waals surface area (Å²) in [5.41, 5.74) is 9.97. The van der Waals surface area contributed by atoms with Gasteiger partial charge in [0.05, 0.1) is 6.61 Å². The van der Waals surface area contributed by atoms with E-state index in [2.05, 4.69) is 12.2 Å². The molecule has 2 aromatic rings. The highest BCUT2D eigenvalue weighted by molar-refractivity contribution is 5.89. The van der Waals surface area contributed by atoms with Crippen molar-refractivity contribution in [3.63, 3.8) is 0 Å². The standard InChI is InChI=1S/C24H33N3O3/c1-15-16(2)22-20(17(3)21(15)28)11-13-24(4,30-22)12-5-6-14-29-19-9-7-18(8-10-19)27-23(25)26/h7-10,28H,5-6,11-14H2,1-4H3,(H4,25,26,27). The van der Waals surface area contributed by atoms with Crippen LogP contribution in [-0.2, 0) is 6.42 Å². The molecular formula is C24H33N3O3. The van der Waals surface area contributed by atoms with Crippen LogP contribution in [0.2, 0.25) is 0 Å². The van der Waals surface area contributed by atoms with E-state index in [0.29, 0.717) is 12.4 Å². The number of hydrogen-bond acceptors (Lipinski definition) is 4. The Balaban J connectivity index is 1.49. The van der Waals surface area contributed by atoms with E-state index in [9.17, 15) is 5.11 Å². The minimum atomic E-state index is -0.187. The van der Waals surface area contributed by atoms with E-state index < -0.39 is 0 Å². The second-order valence-corrected chi connectivity index (χ2v) is 8.45. The Morgan fingerprint density at radius 1 is 1.17 bits per heavy atom. The van der Waals surface area contributed by atoms with Crippen molar-refractivity contribution in [2.24, 2.45) is 5.73 Å². The molecule has 6 heteroatoms. The van der Waals surface area contributed by atoms with Crippen LogP contribution in [0.5, 0.6) is 17.2 Å². The van der Waals surface area contributed by atoms with Crippen LogP contribution in [0.3, 0.4) is 0 Å². The molecule has 0 fully saturated rings. The number of fused-ring (bicyclic) bond motifs is 1. The van der Waals surface area contributed by atoms with Gasteiger partial charge in [-0.25, -0.2) is 0 Å². The third kappa shape index (κ3) is 4.81. The van der Waals surface area contributed by atoms with Gasteiger partial charge in [0, 0.05) is 11.3 Å². The van der Waals surface area contributed by atoms with Crippen molar-refractivity contribution in [1.82, 2.24) is 0 Å².